The molecule has 10 unspecified atom stereocenters. The molecule has 7 aliphatic rings. The van der Waals surface area contributed by atoms with Gasteiger partial charge in [0.05, 0.1) is 58.8 Å². The SMILES string of the molecule is C=C1NC(=O)C2CSC(=N2)c2csc(n2)-c2ccc3c(n2)C(C)NC(=O)C2CCCN2C(=O)C(=CC)NC(=O)CNC(=O)C(C(C)O)NC(=O)C(C)(NC(=O)C(=CC)NC(=O)C2CSC(=N2)C(CC(N)=O)NC3=O)SCC(C(=O)O)NC(=O)C2CSC(=N2)c2csc(n2)-c2csc1n2. The van der Waals surface area contributed by atoms with E-state index in [-0.39, 0.29) is 63.6 Å². The molecule has 7 aliphatic heterocycles. The molecule has 10 atom stereocenters. The van der Waals surface area contributed by atoms with Crippen LogP contribution in [0, 0.1) is 0 Å². The Morgan fingerprint density at radius 3 is 1.98 bits per heavy atom. The van der Waals surface area contributed by atoms with Crippen LogP contribution in [0.15, 0.2) is 73.4 Å². The van der Waals surface area contributed by atoms with Crippen molar-refractivity contribution in [2.24, 2.45) is 20.7 Å². The summed E-state index contributed by atoms with van der Waals surface area (Å²) in [4.78, 5) is 200. The van der Waals surface area contributed by atoms with Gasteiger partial charge in [-0.15, -0.1) is 81.1 Å². The van der Waals surface area contributed by atoms with E-state index in [0.29, 0.717) is 60.4 Å². The second-order valence-corrected chi connectivity index (χ2v) is 29.7. The van der Waals surface area contributed by atoms with Gasteiger partial charge >= 0.3 is 5.97 Å². The summed E-state index contributed by atoms with van der Waals surface area (Å²) in [5.74, 6) is -11.8. The molecular formula is C59H64N18O14S7. The molecule has 13 N–H and O–H groups in total. The van der Waals surface area contributed by atoms with Crippen LogP contribution in [0.5, 0.6) is 0 Å². The Kier molecular flexibility index (Phi) is 22.8. The van der Waals surface area contributed by atoms with E-state index in [9.17, 15) is 67.7 Å². The molecule has 11 rings (SSSR count). The number of nitrogens with one attached hydrogen (secondary N) is 9. The number of carboxylic acids is 1. The van der Waals surface area contributed by atoms with Crippen LogP contribution in [-0.2, 0) is 52.7 Å². The summed E-state index contributed by atoms with van der Waals surface area (Å²) in [7, 11) is 0. The van der Waals surface area contributed by atoms with E-state index in [0.717, 1.165) is 25.6 Å². The van der Waals surface area contributed by atoms with E-state index in [4.69, 9.17) is 25.7 Å². The molecule has 11 amide bonds. The predicted molar refractivity (Wildman–Crippen MR) is 370 cm³/mol. The molecule has 0 aliphatic carbocycles. The van der Waals surface area contributed by atoms with Gasteiger partial charge in [0, 0.05) is 45.7 Å². The van der Waals surface area contributed by atoms with E-state index < -0.39 is 155 Å². The van der Waals surface area contributed by atoms with Crippen LogP contribution in [-0.4, -0.2) is 210 Å². The zero-order valence-electron chi connectivity index (χ0n) is 52.6. The van der Waals surface area contributed by atoms with Crippen molar-refractivity contribution in [3.8, 4) is 21.4 Å². The lowest BCUT2D eigenvalue weighted by Gasteiger charge is -2.32. The molecule has 4 aromatic heterocycles. The standard InChI is InChI=1S/C59H64N18O14S7/c1-7-27-47(85)76-59(6)58(91)75-42(25(5)78)49(87)61-15-40(80)64-28(8-2)56(88)77-13-9-10-38(77)48(86)62-23(3)41-26(43(81)67-30(14-39(60)79)52-69-32(17-93-52)45(83)66-27)11-12-29(65-41)51-73-35(20-96-51)53-70-31(16-94-53)44(82)63-24(4)50-72-34(19-92-50)55-74-36(21-97-55)54-71-33(18-95-54)46(84)68-37(22-98-59)57(89)90/h7-8,11-12,19-21,23,25,30-33,37-38,42,78H,4,9-10,13-18,22H2,1-3,5-6H3,(H2,60,79)(H,61,87)(H,62,86)(H,63,82)(H,64,80)(H,66,83)(H,67,81)(H,68,84)(H,75,91)(H,76,85)(H,89,90). The fourth-order valence-electron chi connectivity index (χ4n) is 10.4. The van der Waals surface area contributed by atoms with E-state index in [2.05, 4.69) is 69.4 Å². The first-order valence-corrected chi connectivity index (χ1v) is 36.7. The van der Waals surface area contributed by atoms with Crippen LogP contribution < -0.4 is 53.6 Å². The number of amides is 11. The fourth-order valence-corrected chi connectivity index (χ4v) is 17.0. The molecule has 516 valence electrons. The minimum atomic E-state index is -2.35. The second-order valence-electron chi connectivity index (χ2n) is 22.7. The smallest absolute Gasteiger partial charge is 0.327 e. The topological polar surface area (TPSA) is 471 Å². The average Bonchev–Trinajstić information content (AvgIpc) is 1.76. The molecular weight excluding hydrogens is 1410 g/mol. The van der Waals surface area contributed by atoms with Crippen LogP contribution in [0.4, 0.5) is 0 Å². The lowest BCUT2D eigenvalue weighted by Crippen LogP contribution is -2.62. The van der Waals surface area contributed by atoms with Gasteiger partial charge < -0.3 is 68.7 Å². The molecule has 1 fully saturated rings. The number of carbonyl (C=O) groups is 12. The van der Waals surface area contributed by atoms with Gasteiger partial charge in [-0.1, -0.05) is 18.7 Å². The molecule has 39 heteroatoms. The number of fused-ring (bicyclic) bond motifs is 8. The predicted octanol–water partition coefficient (Wildman–Crippen LogP) is 0.136. The summed E-state index contributed by atoms with van der Waals surface area (Å²) in [5, 5.41) is 51.8. The van der Waals surface area contributed by atoms with Gasteiger partial charge in [-0.25, -0.2) is 24.7 Å². The van der Waals surface area contributed by atoms with Crippen molar-refractivity contribution >= 4 is 173 Å². The second kappa shape index (κ2) is 31.0. The molecule has 16 bridgehead atoms. The summed E-state index contributed by atoms with van der Waals surface area (Å²) in [6.07, 6.45) is 0.722. The number of primary amides is 1. The van der Waals surface area contributed by atoms with Gasteiger partial charge in [-0.05, 0) is 59.6 Å². The van der Waals surface area contributed by atoms with E-state index in [1.165, 1.54) is 101 Å². The van der Waals surface area contributed by atoms with Gasteiger partial charge in [-0.3, -0.25) is 67.7 Å². The number of nitrogens with zero attached hydrogens (tertiary/aromatic N) is 8. The van der Waals surface area contributed by atoms with Crippen molar-refractivity contribution in [3.63, 3.8) is 0 Å². The quantitative estimate of drug-likeness (QED) is 0.121. The van der Waals surface area contributed by atoms with Crippen LogP contribution >= 0.6 is 81.1 Å². The van der Waals surface area contributed by atoms with Gasteiger partial charge in [0.1, 0.15) is 89.8 Å². The number of aliphatic imine (C=N–C) groups is 3. The van der Waals surface area contributed by atoms with Crippen molar-refractivity contribution in [1.29, 1.82) is 0 Å². The largest absolute Gasteiger partial charge is 0.480 e. The van der Waals surface area contributed by atoms with Crippen LogP contribution in [0.2, 0.25) is 0 Å². The molecule has 0 radical (unpaired) electrons. The summed E-state index contributed by atoms with van der Waals surface area (Å²) in [6.45, 7) is 9.91. The number of aliphatic hydroxyl groups excluding tert-OH is 1. The summed E-state index contributed by atoms with van der Waals surface area (Å²) in [5.41, 5.74) is 6.62. The van der Waals surface area contributed by atoms with Gasteiger partial charge in [-0.2, -0.15) is 0 Å². The van der Waals surface area contributed by atoms with Crippen molar-refractivity contribution in [2.45, 2.75) is 113 Å². The highest BCUT2D eigenvalue weighted by Crippen LogP contribution is 2.35. The maximum Gasteiger partial charge on any atom is 0.327 e. The highest BCUT2D eigenvalue weighted by Gasteiger charge is 2.44. The van der Waals surface area contributed by atoms with Crippen LogP contribution in [0.3, 0.4) is 0 Å². The molecule has 0 spiro atoms. The molecule has 1 saturated heterocycles. The van der Waals surface area contributed by atoms with Crippen LogP contribution in [0.1, 0.15) is 92.4 Å². The Hall–Kier alpha value is -8.73. The molecule has 4 aromatic rings. The van der Waals surface area contributed by atoms with Crippen molar-refractivity contribution in [3.05, 3.63) is 86.1 Å². The normalized spacial score (nSPS) is 27.1. The number of hydrogen-bond acceptors (Lipinski definition) is 27. The van der Waals surface area contributed by atoms with Gasteiger partial charge in [0.15, 0.2) is 4.87 Å². The Morgan fingerprint density at radius 2 is 1.33 bits per heavy atom. The van der Waals surface area contributed by atoms with E-state index in [1.54, 1.807) is 23.1 Å². The van der Waals surface area contributed by atoms with Gasteiger partial charge in [0.2, 0.25) is 41.4 Å². The van der Waals surface area contributed by atoms with Crippen molar-refractivity contribution in [1.82, 2.24) is 72.7 Å². The highest BCUT2D eigenvalue weighted by molar-refractivity contribution is 8.15. The van der Waals surface area contributed by atoms with E-state index >= 15 is 0 Å². The van der Waals surface area contributed by atoms with Gasteiger partial charge in [0.25, 0.3) is 23.6 Å². The Balaban J connectivity index is 1.05. The minimum absolute atomic E-state index is 0.00174. The van der Waals surface area contributed by atoms with E-state index in [1.807, 2.05) is 0 Å². The number of aliphatic carboxylic acids is 1. The third-order valence-electron chi connectivity index (χ3n) is 15.6. The summed E-state index contributed by atoms with van der Waals surface area (Å²) >= 11 is 7.56. The third-order valence-corrected chi connectivity index (χ3v) is 22.9. The highest BCUT2D eigenvalue weighted by atomic mass is 32.2. The number of aliphatic hydroxyl groups is 1. The number of hydrogen-bond donors (Lipinski definition) is 12. The maximum atomic E-state index is 14.8. The monoisotopic (exact) mass is 1470 g/mol. The lowest BCUT2D eigenvalue weighted by atomic mass is 10.0. The number of aromatic nitrogens is 4. The first kappa shape index (κ1) is 72.0. The van der Waals surface area contributed by atoms with Crippen LogP contribution in [0.25, 0.3) is 27.1 Å². The third kappa shape index (κ3) is 16.5. The average molecular weight is 1470 g/mol. The number of thiazole rings is 3. The minimum Gasteiger partial charge on any atom is -0.480 e. The van der Waals surface area contributed by atoms with Crippen molar-refractivity contribution in [2.75, 3.05) is 36.1 Å². The number of carbonyl (C=O) groups excluding carboxylic acids is 11. The molecule has 98 heavy (non-hydrogen) atoms. The molecule has 0 saturated carbocycles. The number of nitrogens with two attached hydrogens (primary N) is 1. The number of pyridine rings is 1. The Labute approximate surface area is 586 Å². The summed E-state index contributed by atoms with van der Waals surface area (Å²) < 4.78 is 0. The fraction of sp³-hybridized carbons (Fsp3) is 0.407. The zero-order chi connectivity index (χ0) is 70.4. The lowest BCUT2D eigenvalue weighted by molar-refractivity contribution is -0.141. The maximum absolute atomic E-state index is 14.8. The first-order chi connectivity index (χ1) is 46.7. The molecule has 0 aromatic carbocycles. The summed E-state index contributed by atoms with van der Waals surface area (Å²) in [6, 6.07) is -7.50. The zero-order valence-corrected chi connectivity index (χ0v) is 58.3. The Bertz CT molecular complexity index is 4150. The Morgan fingerprint density at radius 1 is 0.714 bits per heavy atom. The van der Waals surface area contributed by atoms with Crippen molar-refractivity contribution < 1.29 is 67.7 Å². The number of allylic oxidation sites excluding steroid dienone is 2. The number of thioether (sulfide) groups is 4. The number of carboxylic acid groups (broad SMARTS) is 1. The molecule has 11 heterocycles. The number of rotatable bonds is 4. The molecule has 32 nitrogen and oxygen atoms in total. The first-order valence-electron chi connectivity index (χ1n) is 30.1.